The summed E-state index contributed by atoms with van der Waals surface area (Å²) >= 11 is 0. The van der Waals surface area contributed by atoms with Crippen molar-refractivity contribution in [3.8, 4) is 0 Å². The van der Waals surface area contributed by atoms with Gasteiger partial charge in [-0.1, -0.05) is 43.0 Å². The van der Waals surface area contributed by atoms with Crippen molar-refractivity contribution in [3.63, 3.8) is 0 Å². The van der Waals surface area contributed by atoms with E-state index in [9.17, 15) is 4.79 Å². The third-order valence-electron chi connectivity index (χ3n) is 4.32. The number of aryl methyl sites for hydroxylation is 2. The summed E-state index contributed by atoms with van der Waals surface area (Å²) in [6.45, 7) is 4.09. The summed E-state index contributed by atoms with van der Waals surface area (Å²) in [6, 6.07) is 6.21. The lowest BCUT2D eigenvalue weighted by Gasteiger charge is -2.19. The topological polar surface area (TPSA) is 38.7 Å². The Balaban J connectivity index is 1.87. The molecule has 0 radical (unpaired) electrons. The maximum atomic E-state index is 12.0. The first-order valence-corrected chi connectivity index (χ1v) is 7.73. The molecule has 2 aliphatic rings. The monoisotopic (exact) mass is 283 g/mol. The number of cyclic esters (lactones) is 1. The summed E-state index contributed by atoms with van der Waals surface area (Å²) in [5, 5.41) is 0. The second kappa shape index (κ2) is 5.84. The van der Waals surface area contributed by atoms with Crippen molar-refractivity contribution in [2.24, 2.45) is 10.9 Å². The zero-order valence-corrected chi connectivity index (χ0v) is 12.7. The van der Waals surface area contributed by atoms with Crippen LogP contribution in [0.15, 0.2) is 28.9 Å². The number of hydrogen-bond donors (Lipinski definition) is 0. The second-order valence-electron chi connectivity index (χ2n) is 6.06. The van der Waals surface area contributed by atoms with Crippen LogP contribution in [0.2, 0.25) is 0 Å². The Kier molecular flexibility index (Phi) is 3.91. The lowest BCUT2D eigenvalue weighted by molar-refractivity contribution is -0.130. The van der Waals surface area contributed by atoms with Crippen LogP contribution >= 0.6 is 0 Å². The van der Waals surface area contributed by atoms with Gasteiger partial charge in [-0.3, -0.25) is 0 Å². The van der Waals surface area contributed by atoms with E-state index in [0.717, 1.165) is 24.0 Å². The van der Waals surface area contributed by atoms with Crippen molar-refractivity contribution >= 4 is 17.9 Å². The molecule has 1 aliphatic carbocycles. The fourth-order valence-electron chi connectivity index (χ4n) is 3.01. The Hall–Kier alpha value is -1.90. The Morgan fingerprint density at radius 3 is 2.71 bits per heavy atom. The van der Waals surface area contributed by atoms with Crippen LogP contribution in [0.25, 0.3) is 6.08 Å². The lowest BCUT2D eigenvalue weighted by atomic mass is 9.89. The molecule has 0 spiro atoms. The number of ether oxygens (including phenoxy) is 1. The van der Waals surface area contributed by atoms with E-state index in [2.05, 4.69) is 23.2 Å². The molecule has 3 rings (SSSR count). The van der Waals surface area contributed by atoms with E-state index in [0.29, 0.717) is 17.5 Å². The van der Waals surface area contributed by atoms with E-state index in [1.165, 1.54) is 24.8 Å². The maximum Gasteiger partial charge on any atom is 0.363 e. The Morgan fingerprint density at radius 2 is 1.95 bits per heavy atom. The van der Waals surface area contributed by atoms with Gasteiger partial charge >= 0.3 is 5.97 Å². The van der Waals surface area contributed by atoms with E-state index in [-0.39, 0.29) is 5.97 Å². The molecule has 0 aromatic heterocycles. The van der Waals surface area contributed by atoms with Crippen LogP contribution in [0.1, 0.15) is 48.8 Å². The average Bonchev–Trinajstić information content (AvgIpc) is 2.85. The van der Waals surface area contributed by atoms with Crippen LogP contribution in [0, 0.1) is 19.8 Å². The molecule has 1 aliphatic heterocycles. The van der Waals surface area contributed by atoms with Crippen molar-refractivity contribution in [3.05, 3.63) is 40.6 Å². The summed E-state index contributed by atoms with van der Waals surface area (Å²) in [4.78, 5) is 16.5. The van der Waals surface area contributed by atoms with E-state index in [4.69, 9.17) is 4.74 Å². The minimum absolute atomic E-state index is 0.309. The standard InChI is InChI=1S/C18H21NO2/c1-12-8-9-13(2)15(10-12)11-16-18(20)21-17(19-16)14-6-4-3-5-7-14/h8-11,14H,3-7H2,1-2H3/b16-11+. The molecular formula is C18H21NO2. The van der Waals surface area contributed by atoms with Gasteiger partial charge in [-0.25, -0.2) is 9.79 Å². The highest BCUT2D eigenvalue weighted by atomic mass is 16.6. The van der Waals surface area contributed by atoms with Crippen LogP contribution in [0.4, 0.5) is 0 Å². The van der Waals surface area contributed by atoms with Gasteiger partial charge in [0.05, 0.1) is 0 Å². The van der Waals surface area contributed by atoms with E-state index >= 15 is 0 Å². The summed E-state index contributed by atoms with van der Waals surface area (Å²) < 4.78 is 5.40. The number of nitrogens with zero attached hydrogens (tertiary/aromatic N) is 1. The van der Waals surface area contributed by atoms with Gasteiger partial charge in [0.15, 0.2) is 5.70 Å². The van der Waals surface area contributed by atoms with Crippen molar-refractivity contribution in [1.29, 1.82) is 0 Å². The number of carbonyl (C=O) groups excluding carboxylic acids is 1. The van der Waals surface area contributed by atoms with Gasteiger partial charge in [-0.15, -0.1) is 0 Å². The Bertz CT molecular complexity index is 622. The maximum absolute atomic E-state index is 12.0. The van der Waals surface area contributed by atoms with Gasteiger partial charge < -0.3 is 4.74 Å². The van der Waals surface area contributed by atoms with Gasteiger partial charge in [-0.05, 0) is 43.9 Å². The molecule has 0 atom stereocenters. The molecule has 110 valence electrons. The normalized spacial score (nSPS) is 21.5. The molecule has 3 nitrogen and oxygen atoms in total. The molecule has 1 aromatic carbocycles. The third-order valence-corrected chi connectivity index (χ3v) is 4.32. The minimum Gasteiger partial charge on any atom is -0.406 e. The van der Waals surface area contributed by atoms with E-state index in [1.54, 1.807) is 0 Å². The number of rotatable bonds is 2. The zero-order chi connectivity index (χ0) is 14.8. The Morgan fingerprint density at radius 1 is 1.19 bits per heavy atom. The highest BCUT2D eigenvalue weighted by Gasteiger charge is 2.30. The molecule has 21 heavy (non-hydrogen) atoms. The molecule has 1 fully saturated rings. The highest BCUT2D eigenvalue weighted by Crippen LogP contribution is 2.29. The van der Waals surface area contributed by atoms with Crippen molar-refractivity contribution < 1.29 is 9.53 Å². The van der Waals surface area contributed by atoms with Crippen LogP contribution in [0.3, 0.4) is 0 Å². The smallest absolute Gasteiger partial charge is 0.363 e. The quantitative estimate of drug-likeness (QED) is 0.603. The number of esters is 1. The molecule has 1 aromatic rings. The second-order valence-corrected chi connectivity index (χ2v) is 6.06. The molecule has 0 saturated heterocycles. The van der Waals surface area contributed by atoms with Crippen LogP contribution in [0.5, 0.6) is 0 Å². The first-order chi connectivity index (χ1) is 10.1. The van der Waals surface area contributed by atoms with Gasteiger partial charge in [0.1, 0.15) is 0 Å². The summed E-state index contributed by atoms with van der Waals surface area (Å²) in [5.41, 5.74) is 3.79. The highest BCUT2D eigenvalue weighted by molar-refractivity contribution is 6.07. The predicted octanol–water partition coefficient (Wildman–Crippen LogP) is 4.18. The molecule has 1 saturated carbocycles. The van der Waals surface area contributed by atoms with Gasteiger partial charge in [0, 0.05) is 5.92 Å². The van der Waals surface area contributed by atoms with E-state index < -0.39 is 0 Å². The number of hydrogen-bond acceptors (Lipinski definition) is 3. The first-order valence-electron chi connectivity index (χ1n) is 7.73. The van der Waals surface area contributed by atoms with Crippen molar-refractivity contribution in [2.75, 3.05) is 0 Å². The third kappa shape index (κ3) is 3.07. The average molecular weight is 283 g/mol. The number of carbonyl (C=O) groups is 1. The summed E-state index contributed by atoms with van der Waals surface area (Å²) in [7, 11) is 0. The molecule has 0 bridgehead atoms. The molecular weight excluding hydrogens is 262 g/mol. The SMILES string of the molecule is Cc1ccc(C)c(/C=C2/N=C(C3CCCCC3)OC2=O)c1. The van der Waals surface area contributed by atoms with Gasteiger partial charge in [0.25, 0.3) is 0 Å². The first kappa shape index (κ1) is 14.1. The fraction of sp³-hybridized carbons (Fsp3) is 0.444. The molecule has 0 amide bonds. The van der Waals surface area contributed by atoms with Crippen molar-refractivity contribution in [1.82, 2.24) is 0 Å². The molecule has 0 unspecified atom stereocenters. The molecule has 3 heteroatoms. The molecule has 0 N–H and O–H groups in total. The summed E-state index contributed by atoms with van der Waals surface area (Å²) in [5.74, 6) is 0.653. The fourth-order valence-corrected chi connectivity index (χ4v) is 3.01. The largest absolute Gasteiger partial charge is 0.406 e. The zero-order valence-electron chi connectivity index (χ0n) is 12.7. The van der Waals surface area contributed by atoms with Gasteiger partial charge in [0.2, 0.25) is 5.90 Å². The Labute approximate surface area is 125 Å². The van der Waals surface area contributed by atoms with Crippen LogP contribution < -0.4 is 0 Å². The van der Waals surface area contributed by atoms with Crippen molar-refractivity contribution in [2.45, 2.75) is 46.0 Å². The minimum atomic E-state index is -0.309. The lowest BCUT2D eigenvalue weighted by Crippen LogP contribution is -2.19. The summed E-state index contributed by atoms with van der Waals surface area (Å²) in [6.07, 6.45) is 7.71. The van der Waals surface area contributed by atoms with Gasteiger partial charge in [-0.2, -0.15) is 0 Å². The van der Waals surface area contributed by atoms with E-state index in [1.807, 2.05) is 19.9 Å². The number of aliphatic imine (C=N–C) groups is 1. The van der Waals surface area contributed by atoms with Crippen LogP contribution in [-0.2, 0) is 9.53 Å². The van der Waals surface area contributed by atoms with Crippen LogP contribution in [-0.4, -0.2) is 11.9 Å². The molecule has 1 heterocycles. The predicted molar refractivity (Wildman–Crippen MR) is 84.0 cm³/mol. The number of benzene rings is 1.